The second kappa shape index (κ2) is 6.00. The number of hydrogen-bond acceptors (Lipinski definition) is 2. The Labute approximate surface area is 112 Å². The average Bonchev–Trinajstić information content (AvgIpc) is 2.39. The van der Waals surface area contributed by atoms with Gasteiger partial charge in [-0.15, -0.1) is 0 Å². The third-order valence-electron chi connectivity index (χ3n) is 2.85. The van der Waals surface area contributed by atoms with Gasteiger partial charge in [0, 0.05) is 6.07 Å². The maximum Gasteiger partial charge on any atom is 0.286 e. The first kappa shape index (κ1) is 13.1. The van der Waals surface area contributed by atoms with Crippen molar-refractivity contribution in [2.75, 3.05) is 0 Å². The Balaban J connectivity index is 1.95. The quantitative estimate of drug-likeness (QED) is 0.817. The van der Waals surface area contributed by atoms with Crippen LogP contribution in [0.3, 0.4) is 0 Å². The lowest BCUT2D eigenvalue weighted by Crippen LogP contribution is -2.42. The number of aromatic hydroxyl groups is 1. The fraction of sp³-hybridized carbons (Fsp3) is 0.200. The van der Waals surface area contributed by atoms with Crippen molar-refractivity contribution >= 4 is 5.91 Å². The normalized spacial score (nSPS) is 11.8. The van der Waals surface area contributed by atoms with Crippen LogP contribution in [0.5, 0.6) is 5.75 Å². The third kappa shape index (κ3) is 3.81. The maximum atomic E-state index is 11.9. The SMILES string of the molecule is C[C@@H](NC(=O)C[n+]1cccc(O)c1)c1ccccc1. The fourth-order valence-electron chi connectivity index (χ4n) is 1.88. The van der Waals surface area contributed by atoms with Gasteiger partial charge in [0.25, 0.3) is 5.91 Å². The smallest absolute Gasteiger partial charge is 0.286 e. The first-order chi connectivity index (χ1) is 9.15. The molecule has 0 aliphatic heterocycles. The van der Waals surface area contributed by atoms with E-state index in [1.807, 2.05) is 37.3 Å². The van der Waals surface area contributed by atoms with Crippen LogP contribution in [0.25, 0.3) is 0 Å². The standard InChI is InChI=1S/C15H16N2O2/c1-12(13-6-3-2-4-7-13)16-15(19)11-17-9-5-8-14(18)10-17/h2-10,12H,11H2,1H3,(H-,16,18,19)/p+1/t12-/m1/s1. The Hall–Kier alpha value is -2.36. The summed E-state index contributed by atoms with van der Waals surface area (Å²) >= 11 is 0. The van der Waals surface area contributed by atoms with Gasteiger partial charge in [0.15, 0.2) is 11.9 Å². The van der Waals surface area contributed by atoms with Crippen molar-refractivity contribution in [2.24, 2.45) is 0 Å². The van der Waals surface area contributed by atoms with Gasteiger partial charge in [-0.2, -0.15) is 4.57 Å². The monoisotopic (exact) mass is 257 g/mol. The Morgan fingerprint density at radius 2 is 2.00 bits per heavy atom. The topological polar surface area (TPSA) is 53.2 Å². The minimum absolute atomic E-state index is 0.0355. The lowest BCUT2D eigenvalue weighted by Gasteiger charge is -2.12. The number of carbonyl (C=O) groups is 1. The van der Waals surface area contributed by atoms with Gasteiger partial charge < -0.3 is 10.4 Å². The zero-order valence-corrected chi connectivity index (χ0v) is 10.8. The van der Waals surface area contributed by atoms with Crippen molar-refractivity contribution in [3.05, 3.63) is 60.4 Å². The van der Waals surface area contributed by atoms with Gasteiger partial charge in [-0.25, -0.2) is 0 Å². The minimum atomic E-state index is -0.0908. The highest BCUT2D eigenvalue weighted by molar-refractivity contribution is 5.74. The molecule has 0 aliphatic rings. The first-order valence-electron chi connectivity index (χ1n) is 6.17. The van der Waals surface area contributed by atoms with Gasteiger partial charge in [-0.05, 0) is 18.6 Å². The van der Waals surface area contributed by atoms with Crippen LogP contribution in [-0.2, 0) is 11.3 Å². The maximum absolute atomic E-state index is 11.9. The Bertz CT molecular complexity index is 555. The minimum Gasteiger partial charge on any atom is -0.503 e. The second-order valence-corrected chi connectivity index (χ2v) is 4.43. The molecule has 0 radical (unpaired) electrons. The lowest BCUT2D eigenvalue weighted by atomic mass is 10.1. The fourth-order valence-corrected chi connectivity index (χ4v) is 1.88. The molecule has 0 saturated heterocycles. The molecule has 2 N–H and O–H groups in total. The van der Waals surface area contributed by atoms with E-state index in [1.54, 1.807) is 22.9 Å². The molecule has 0 saturated carbocycles. The number of nitrogens with one attached hydrogen (secondary N) is 1. The Morgan fingerprint density at radius 1 is 1.26 bits per heavy atom. The lowest BCUT2D eigenvalue weighted by molar-refractivity contribution is -0.684. The highest BCUT2D eigenvalue weighted by atomic mass is 16.3. The van der Waals surface area contributed by atoms with E-state index < -0.39 is 0 Å². The van der Waals surface area contributed by atoms with Crippen LogP contribution in [0.4, 0.5) is 0 Å². The number of pyridine rings is 1. The molecule has 0 bridgehead atoms. The zero-order valence-electron chi connectivity index (χ0n) is 10.8. The summed E-state index contributed by atoms with van der Waals surface area (Å²) in [4.78, 5) is 11.9. The number of amides is 1. The van der Waals surface area contributed by atoms with E-state index in [-0.39, 0.29) is 24.2 Å². The van der Waals surface area contributed by atoms with Crippen molar-refractivity contribution in [1.29, 1.82) is 0 Å². The molecule has 2 aromatic rings. The van der Waals surface area contributed by atoms with Crippen molar-refractivity contribution < 1.29 is 14.5 Å². The summed E-state index contributed by atoms with van der Waals surface area (Å²) < 4.78 is 1.64. The predicted octanol–water partition coefficient (Wildman–Crippen LogP) is 1.56. The number of rotatable bonds is 4. The summed E-state index contributed by atoms with van der Waals surface area (Å²) in [6.07, 6.45) is 3.26. The molecule has 0 fully saturated rings. The van der Waals surface area contributed by atoms with Crippen LogP contribution in [0.15, 0.2) is 54.9 Å². The summed E-state index contributed by atoms with van der Waals surface area (Å²) in [6, 6.07) is 13.0. The molecule has 98 valence electrons. The van der Waals surface area contributed by atoms with Crippen LogP contribution < -0.4 is 9.88 Å². The van der Waals surface area contributed by atoms with E-state index in [1.165, 1.54) is 6.20 Å². The highest BCUT2D eigenvalue weighted by Crippen LogP contribution is 2.10. The van der Waals surface area contributed by atoms with Crippen molar-refractivity contribution in [1.82, 2.24) is 5.32 Å². The summed E-state index contributed by atoms with van der Waals surface area (Å²) in [6.45, 7) is 2.13. The summed E-state index contributed by atoms with van der Waals surface area (Å²) in [5.41, 5.74) is 1.07. The molecular formula is C15H17N2O2+. The third-order valence-corrected chi connectivity index (χ3v) is 2.85. The summed E-state index contributed by atoms with van der Waals surface area (Å²) in [7, 11) is 0. The molecule has 1 atom stereocenters. The van der Waals surface area contributed by atoms with E-state index in [0.29, 0.717) is 0 Å². The number of hydrogen-bond donors (Lipinski definition) is 2. The molecule has 1 aromatic carbocycles. The van der Waals surface area contributed by atoms with E-state index in [2.05, 4.69) is 5.32 Å². The molecule has 4 heteroatoms. The predicted molar refractivity (Wildman–Crippen MR) is 71.3 cm³/mol. The van der Waals surface area contributed by atoms with Crippen molar-refractivity contribution in [3.8, 4) is 5.75 Å². The van der Waals surface area contributed by atoms with Gasteiger partial charge >= 0.3 is 0 Å². The largest absolute Gasteiger partial charge is 0.503 e. The molecule has 0 spiro atoms. The Morgan fingerprint density at radius 3 is 2.68 bits per heavy atom. The van der Waals surface area contributed by atoms with E-state index in [9.17, 15) is 9.90 Å². The van der Waals surface area contributed by atoms with Crippen molar-refractivity contribution in [2.45, 2.75) is 19.5 Å². The van der Waals surface area contributed by atoms with Gasteiger partial charge in [0.05, 0.1) is 6.04 Å². The summed E-state index contributed by atoms with van der Waals surface area (Å²) in [5, 5.41) is 12.3. The van der Waals surface area contributed by atoms with E-state index in [4.69, 9.17) is 0 Å². The average molecular weight is 257 g/mol. The van der Waals surface area contributed by atoms with E-state index in [0.717, 1.165) is 5.56 Å². The zero-order chi connectivity index (χ0) is 13.7. The van der Waals surface area contributed by atoms with Crippen LogP contribution in [0.1, 0.15) is 18.5 Å². The van der Waals surface area contributed by atoms with Gasteiger partial charge in [-0.1, -0.05) is 30.3 Å². The molecule has 1 amide bonds. The second-order valence-electron chi connectivity index (χ2n) is 4.43. The Kier molecular flexibility index (Phi) is 4.13. The number of aromatic nitrogens is 1. The van der Waals surface area contributed by atoms with Crippen LogP contribution in [-0.4, -0.2) is 11.0 Å². The molecule has 4 nitrogen and oxygen atoms in total. The molecule has 1 heterocycles. The van der Waals surface area contributed by atoms with E-state index >= 15 is 0 Å². The molecule has 1 aromatic heterocycles. The van der Waals surface area contributed by atoms with Gasteiger partial charge in [0.2, 0.25) is 12.7 Å². The van der Waals surface area contributed by atoms with Crippen LogP contribution in [0.2, 0.25) is 0 Å². The number of carbonyl (C=O) groups excluding carboxylic acids is 1. The number of nitrogens with zero attached hydrogens (tertiary/aromatic N) is 1. The van der Waals surface area contributed by atoms with Gasteiger partial charge in [0.1, 0.15) is 0 Å². The molecule has 0 aliphatic carbocycles. The van der Waals surface area contributed by atoms with Crippen LogP contribution in [0, 0.1) is 0 Å². The molecule has 0 unspecified atom stereocenters. The van der Waals surface area contributed by atoms with Crippen LogP contribution >= 0.6 is 0 Å². The first-order valence-corrected chi connectivity index (χ1v) is 6.17. The summed E-state index contributed by atoms with van der Waals surface area (Å²) in [5.74, 6) is 0.0540. The molecular weight excluding hydrogens is 240 g/mol. The van der Waals surface area contributed by atoms with Crippen molar-refractivity contribution in [3.63, 3.8) is 0 Å². The molecule has 19 heavy (non-hydrogen) atoms. The number of benzene rings is 1. The highest BCUT2D eigenvalue weighted by Gasteiger charge is 2.13. The molecule has 2 rings (SSSR count). The van der Waals surface area contributed by atoms with Gasteiger partial charge in [-0.3, -0.25) is 4.79 Å².